The molecule has 0 aromatic heterocycles. The molecule has 0 spiro atoms. The fourth-order valence-electron chi connectivity index (χ4n) is 1.66. The highest BCUT2D eigenvalue weighted by Crippen LogP contribution is 2.21. The van der Waals surface area contributed by atoms with Crippen molar-refractivity contribution in [2.75, 3.05) is 11.9 Å². The Bertz CT molecular complexity index is 672. The maximum atomic E-state index is 12.1. The standard InChI is InChI=1S/C16H13ClN2O/c17-14-9-8-12(7-4-10-18)15(11-14)19-16(20)13-5-2-1-3-6-13/h1-3,5-6,8-9,11H,10,18H2,(H,19,20). The third kappa shape index (κ3) is 3.61. The Labute approximate surface area is 122 Å². The Hall–Kier alpha value is -2.28. The summed E-state index contributed by atoms with van der Waals surface area (Å²) in [6, 6.07) is 14.1. The van der Waals surface area contributed by atoms with E-state index < -0.39 is 0 Å². The number of rotatable bonds is 2. The summed E-state index contributed by atoms with van der Waals surface area (Å²) >= 11 is 5.96. The number of carbonyl (C=O) groups is 1. The van der Waals surface area contributed by atoms with E-state index >= 15 is 0 Å². The highest BCUT2D eigenvalue weighted by molar-refractivity contribution is 6.31. The molecule has 0 bridgehead atoms. The largest absolute Gasteiger partial charge is 0.321 e. The van der Waals surface area contributed by atoms with Gasteiger partial charge in [0, 0.05) is 16.1 Å². The summed E-state index contributed by atoms with van der Waals surface area (Å²) in [5.41, 5.74) is 7.20. The molecule has 0 radical (unpaired) electrons. The molecule has 0 atom stereocenters. The highest BCUT2D eigenvalue weighted by Gasteiger charge is 2.08. The second kappa shape index (κ2) is 6.76. The Morgan fingerprint density at radius 2 is 1.95 bits per heavy atom. The lowest BCUT2D eigenvalue weighted by atomic mass is 10.1. The van der Waals surface area contributed by atoms with E-state index in [-0.39, 0.29) is 12.5 Å². The number of hydrogen-bond acceptors (Lipinski definition) is 2. The molecule has 2 aromatic rings. The van der Waals surface area contributed by atoms with Gasteiger partial charge in [-0.25, -0.2) is 0 Å². The SMILES string of the molecule is NCC#Cc1ccc(Cl)cc1NC(=O)c1ccccc1. The number of amides is 1. The molecule has 0 fully saturated rings. The maximum absolute atomic E-state index is 12.1. The Kier molecular flexibility index (Phi) is 4.78. The number of carbonyl (C=O) groups excluding carboxylic acids is 1. The van der Waals surface area contributed by atoms with E-state index in [9.17, 15) is 4.79 Å². The molecule has 0 unspecified atom stereocenters. The van der Waals surface area contributed by atoms with Gasteiger partial charge in [-0.3, -0.25) is 4.79 Å². The van der Waals surface area contributed by atoms with Gasteiger partial charge in [-0.1, -0.05) is 41.6 Å². The summed E-state index contributed by atoms with van der Waals surface area (Å²) in [7, 11) is 0. The second-order valence-corrected chi connectivity index (χ2v) is 4.45. The van der Waals surface area contributed by atoms with Crippen LogP contribution in [-0.4, -0.2) is 12.5 Å². The lowest BCUT2D eigenvalue weighted by Crippen LogP contribution is -2.12. The quantitative estimate of drug-likeness (QED) is 0.833. The van der Waals surface area contributed by atoms with Crippen molar-refractivity contribution in [2.24, 2.45) is 5.73 Å². The van der Waals surface area contributed by atoms with Gasteiger partial charge in [0.15, 0.2) is 0 Å². The van der Waals surface area contributed by atoms with Crippen LogP contribution in [0.25, 0.3) is 0 Å². The van der Waals surface area contributed by atoms with Crippen molar-refractivity contribution in [3.63, 3.8) is 0 Å². The first-order valence-electron chi connectivity index (χ1n) is 6.05. The molecule has 2 rings (SSSR count). The van der Waals surface area contributed by atoms with Gasteiger partial charge >= 0.3 is 0 Å². The maximum Gasteiger partial charge on any atom is 0.255 e. The van der Waals surface area contributed by atoms with Crippen LogP contribution in [0.2, 0.25) is 5.02 Å². The van der Waals surface area contributed by atoms with Crippen LogP contribution >= 0.6 is 11.6 Å². The van der Waals surface area contributed by atoms with Crippen LogP contribution in [0, 0.1) is 11.8 Å². The van der Waals surface area contributed by atoms with Crippen LogP contribution in [0.15, 0.2) is 48.5 Å². The number of halogens is 1. The molecule has 20 heavy (non-hydrogen) atoms. The molecule has 0 heterocycles. The number of benzene rings is 2. The van der Waals surface area contributed by atoms with Crippen LogP contribution in [0.4, 0.5) is 5.69 Å². The number of hydrogen-bond donors (Lipinski definition) is 2. The zero-order chi connectivity index (χ0) is 14.4. The van der Waals surface area contributed by atoms with Crippen molar-refractivity contribution in [1.29, 1.82) is 0 Å². The first-order valence-corrected chi connectivity index (χ1v) is 6.43. The summed E-state index contributed by atoms with van der Waals surface area (Å²) in [5, 5.41) is 3.34. The first-order chi connectivity index (χ1) is 9.70. The van der Waals surface area contributed by atoms with Gasteiger partial charge in [0.2, 0.25) is 0 Å². The summed E-state index contributed by atoms with van der Waals surface area (Å²) in [5.74, 6) is 5.46. The van der Waals surface area contributed by atoms with Crippen molar-refractivity contribution in [1.82, 2.24) is 0 Å². The lowest BCUT2D eigenvalue weighted by Gasteiger charge is -2.08. The van der Waals surface area contributed by atoms with Crippen LogP contribution < -0.4 is 11.1 Å². The Morgan fingerprint density at radius 1 is 1.20 bits per heavy atom. The van der Waals surface area contributed by atoms with Gasteiger partial charge < -0.3 is 11.1 Å². The molecule has 100 valence electrons. The van der Waals surface area contributed by atoms with Crippen molar-refractivity contribution >= 4 is 23.2 Å². The molecule has 0 aliphatic heterocycles. The number of nitrogens with two attached hydrogens (primary N) is 1. The van der Waals surface area contributed by atoms with Crippen molar-refractivity contribution < 1.29 is 4.79 Å². The lowest BCUT2D eigenvalue weighted by molar-refractivity contribution is 0.102. The fraction of sp³-hybridized carbons (Fsp3) is 0.0625. The summed E-state index contributed by atoms with van der Waals surface area (Å²) < 4.78 is 0. The van der Waals surface area contributed by atoms with E-state index in [1.54, 1.807) is 30.3 Å². The smallest absolute Gasteiger partial charge is 0.255 e. The van der Waals surface area contributed by atoms with E-state index in [1.165, 1.54) is 0 Å². The van der Waals surface area contributed by atoms with Gasteiger partial charge in [0.05, 0.1) is 12.2 Å². The van der Waals surface area contributed by atoms with E-state index in [0.29, 0.717) is 21.8 Å². The molecule has 3 nitrogen and oxygen atoms in total. The van der Waals surface area contributed by atoms with Crippen molar-refractivity contribution in [3.05, 3.63) is 64.7 Å². The van der Waals surface area contributed by atoms with E-state index in [0.717, 1.165) is 0 Å². The van der Waals surface area contributed by atoms with Crippen molar-refractivity contribution in [2.45, 2.75) is 0 Å². The molecule has 0 aliphatic rings. The van der Waals surface area contributed by atoms with Gasteiger partial charge in [-0.15, -0.1) is 0 Å². The number of nitrogens with one attached hydrogen (secondary N) is 1. The topological polar surface area (TPSA) is 55.1 Å². The van der Waals surface area contributed by atoms with E-state index in [2.05, 4.69) is 17.2 Å². The predicted molar refractivity (Wildman–Crippen MR) is 81.8 cm³/mol. The normalized spacial score (nSPS) is 9.50. The molecule has 1 amide bonds. The fourth-order valence-corrected chi connectivity index (χ4v) is 1.83. The molecule has 0 aliphatic carbocycles. The molecular weight excluding hydrogens is 272 g/mol. The summed E-state index contributed by atoms with van der Waals surface area (Å²) in [6.07, 6.45) is 0. The Morgan fingerprint density at radius 3 is 2.65 bits per heavy atom. The number of anilines is 1. The summed E-state index contributed by atoms with van der Waals surface area (Å²) in [6.45, 7) is 0.259. The monoisotopic (exact) mass is 284 g/mol. The minimum atomic E-state index is -0.205. The zero-order valence-corrected chi connectivity index (χ0v) is 11.4. The predicted octanol–water partition coefficient (Wildman–Crippen LogP) is 2.90. The average Bonchev–Trinajstić information content (AvgIpc) is 2.47. The molecule has 2 aromatic carbocycles. The third-order valence-corrected chi connectivity index (χ3v) is 2.83. The van der Waals surface area contributed by atoms with Gasteiger partial charge in [0.1, 0.15) is 0 Å². The van der Waals surface area contributed by atoms with Crippen LogP contribution in [0.3, 0.4) is 0 Å². The molecule has 4 heteroatoms. The van der Waals surface area contributed by atoms with Crippen LogP contribution in [-0.2, 0) is 0 Å². The zero-order valence-electron chi connectivity index (χ0n) is 10.7. The second-order valence-electron chi connectivity index (χ2n) is 4.02. The minimum Gasteiger partial charge on any atom is -0.321 e. The molecule has 3 N–H and O–H groups in total. The molecule has 0 saturated heterocycles. The molecule has 0 saturated carbocycles. The van der Waals surface area contributed by atoms with Gasteiger partial charge in [-0.05, 0) is 30.3 Å². The molecular formula is C16H13ClN2O. The average molecular weight is 285 g/mol. The van der Waals surface area contributed by atoms with Crippen molar-refractivity contribution in [3.8, 4) is 11.8 Å². The van der Waals surface area contributed by atoms with Crippen LogP contribution in [0.1, 0.15) is 15.9 Å². The van der Waals surface area contributed by atoms with Gasteiger partial charge in [-0.2, -0.15) is 0 Å². The minimum absolute atomic E-state index is 0.205. The van der Waals surface area contributed by atoms with Gasteiger partial charge in [0.25, 0.3) is 5.91 Å². The first kappa shape index (κ1) is 14.1. The third-order valence-electron chi connectivity index (χ3n) is 2.59. The highest BCUT2D eigenvalue weighted by atomic mass is 35.5. The van der Waals surface area contributed by atoms with E-state index in [4.69, 9.17) is 17.3 Å². The Balaban J connectivity index is 2.28. The summed E-state index contributed by atoms with van der Waals surface area (Å²) in [4.78, 5) is 12.1. The van der Waals surface area contributed by atoms with E-state index in [1.807, 2.05) is 18.2 Å². The van der Waals surface area contributed by atoms with Crippen LogP contribution in [0.5, 0.6) is 0 Å².